The van der Waals surface area contributed by atoms with E-state index in [0.29, 0.717) is 17.2 Å². The minimum Gasteiger partial charge on any atom is -0.439 e. The van der Waals surface area contributed by atoms with E-state index >= 15 is 0 Å². The molecule has 0 aliphatic carbocycles. The summed E-state index contributed by atoms with van der Waals surface area (Å²) in [5.74, 6) is 0.408. The average molecular weight is 305 g/mol. The first-order valence-corrected chi connectivity index (χ1v) is 5.86. The highest BCUT2D eigenvalue weighted by Gasteiger charge is 2.13. The highest BCUT2D eigenvalue weighted by atomic mass is 79.9. The second kappa shape index (κ2) is 4.55. The van der Waals surface area contributed by atoms with Crippen LogP contribution in [0.2, 0.25) is 0 Å². The molecule has 2 aromatic rings. The van der Waals surface area contributed by atoms with Gasteiger partial charge >= 0.3 is 0 Å². The number of aromatic nitrogens is 1. The van der Waals surface area contributed by atoms with Crippen LogP contribution in [0.5, 0.6) is 0 Å². The summed E-state index contributed by atoms with van der Waals surface area (Å²) < 4.78 is 19.7. The molecule has 5 heteroatoms. The molecule has 2 rings (SSSR count). The van der Waals surface area contributed by atoms with Gasteiger partial charge < -0.3 is 4.42 Å². The first-order chi connectivity index (χ1) is 7.58. The predicted octanol–water partition coefficient (Wildman–Crippen LogP) is 4.54. The molecule has 0 aliphatic heterocycles. The van der Waals surface area contributed by atoms with Gasteiger partial charge in [0.1, 0.15) is 11.2 Å². The second-order valence-corrected chi connectivity index (χ2v) is 4.87. The smallest absolute Gasteiger partial charge is 0.212 e. The van der Waals surface area contributed by atoms with Crippen molar-refractivity contribution < 1.29 is 8.81 Å². The number of hydrogen-bond donors (Lipinski definition) is 0. The lowest BCUT2D eigenvalue weighted by atomic mass is 10.2. The van der Waals surface area contributed by atoms with Crippen molar-refractivity contribution in [2.24, 2.45) is 0 Å². The lowest BCUT2D eigenvalue weighted by molar-refractivity contribution is 0.504. The SMILES string of the molecule is CC(Cl)c1ncc(-c2cc(Br)ccc2F)o1. The minimum absolute atomic E-state index is 0.330. The maximum Gasteiger partial charge on any atom is 0.212 e. The number of rotatable bonds is 2. The van der Waals surface area contributed by atoms with Gasteiger partial charge in [-0.2, -0.15) is 0 Å². The zero-order chi connectivity index (χ0) is 11.7. The molecule has 2 nitrogen and oxygen atoms in total. The standard InChI is InChI=1S/C11H8BrClFNO/c1-6(13)11-15-5-10(16-11)8-4-7(12)2-3-9(8)14/h2-6H,1H3. The summed E-state index contributed by atoms with van der Waals surface area (Å²) in [6.45, 7) is 1.74. The van der Waals surface area contributed by atoms with Crippen molar-refractivity contribution in [2.45, 2.75) is 12.3 Å². The fraction of sp³-hybridized carbons (Fsp3) is 0.182. The molecule has 0 radical (unpaired) electrons. The molecule has 0 saturated carbocycles. The molecule has 1 unspecified atom stereocenters. The van der Waals surface area contributed by atoms with E-state index in [1.54, 1.807) is 19.1 Å². The zero-order valence-corrected chi connectivity index (χ0v) is 10.7. The number of alkyl halides is 1. The van der Waals surface area contributed by atoms with Gasteiger partial charge in [-0.1, -0.05) is 15.9 Å². The number of nitrogens with zero attached hydrogens (tertiary/aromatic N) is 1. The molecule has 1 aromatic carbocycles. The third kappa shape index (κ3) is 2.28. The maximum absolute atomic E-state index is 13.5. The van der Waals surface area contributed by atoms with E-state index in [-0.39, 0.29) is 11.2 Å². The van der Waals surface area contributed by atoms with Gasteiger partial charge in [0.05, 0.1) is 11.8 Å². The lowest BCUT2D eigenvalue weighted by Gasteiger charge is -2.00. The Morgan fingerprint density at radius 2 is 2.25 bits per heavy atom. The molecule has 0 N–H and O–H groups in total. The Bertz CT molecular complexity index is 512. The van der Waals surface area contributed by atoms with E-state index in [9.17, 15) is 4.39 Å². The van der Waals surface area contributed by atoms with Crippen LogP contribution < -0.4 is 0 Å². The third-order valence-electron chi connectivity index (χ3n) is 2.06. The molecule has 1 heterocycles. The van der Waals surface area contributed by atoms with Gasteiger partial charge in [-0.15, -0.1) is 11.6 Å². The van der Waals surface area contributed by atoms with Crippen molar-refractivity contribution in [1.29, 1.82) is 0 Å². The van der Waals surface area contributed by atoms with Gasteiger partial charge in [-0.05, 0) is 25.1 Å². The molecule has 0 amide bonds. The third-order valence-corrected chi connectivity index (χ3v) is 2.74. The van der Waals surface area contributed by atoms with Gasteiger partial charge in [0.15, 0.2) is 5.76 Å². The molecule has 0 aliphatic rings. The van der Waals surface area contributed by atoms with Crippen molar-refractivity contribution in [1.82, 2.24) is 4.98 Å². The largest absolute Gasteiger partial charge is 0.439 e. The van der Waals surface area contributed by atoms with E-state index in [0.717, 1.165) is 4.47 Å². The van der Waals surface area contributed by atoms with E-state index in [1.165, 1.54) is 12.3 Å². The number of benzene rings is 1. The zero-order valence-electron chi connectivity index (χ0n) is 8.38. The molecular formula is C11H8BrClFNO. The summed E-state index contributed by atoms with van der Waals surface area (Å²) in [6, 6.07) is 4.63. The topological polar surface area (TPSA) is 26.0 Å². The summed E-state index contributed by atoms with van der Waals surface area (Å²) in [4.78, 5) is 3.98. The summed E-state index contributed by atoms with van der Waals surface area (Å²) in [7, 11) is 0. The number of hydrogen-bond acceptors (Lipinski definition) is 2. The molecule has 1 aromatic heterocycles. The fourth-order valence-corrected chi connectivity index (χ4v) is 1.74. The van der Waals surface area contributed by atoms with Crippen molar-refractivity contribution in [3.05, 3.63) is 40.6 Å². The van der Waals surface area contributed by atoms with E-state index in [4.69, 9.17) is 16.0 Å². The Morgan fingerprint density at radius 3 is 2.88 bits per heavy atom. The molecule has 1 atom stereocenters. The van der Waals surface area contributed by atoms with Crippen LogP contribution in [0.15, 0.2) is 33.3 Å². The highest BCUT2D eigenvalue weighted by molar-refractivity contribution is 9.10. The Morgan fingerprint density at radius 1 is 1.50 bits per heavy atom. The quantitative estimate of drug-likeness (QED) is 0.761. The maximum atomic E-state index is 13.5. The van der Waals surface area contributed by atoms with E-state index < -0.39 is 0 Å². The molecule has 16 heavy (non-hydrogen) atoms. The molecule has 0 fully saturated rings. The highest BCUT2D eigenvalue weighted by Crippen LogP contribution is 2.29. The Hall–Kier alpha value is -0.870. The van der Waals surface area contributed by atoms with Crippen molar-refractivity contribution in [3.8, 4) is 11.3 Å². The van der Waals surface area contributed by atoms with Gasteiger partial charge in [-0.3, -0.25) is 0 Å². The number of oxazole rings is 1. The first-order valence-electron chi connectivity index (χ1n) is 4.63. The van der Waals surface area contributed by atoms with Gasteiger partial charge in [0, 0.05) is 4.47 Å². The minimum atomic E-state index is -0.354. The van der Waals surface area contributed by atoms with E-state index in [1.807, 2.05) is 0 Å². The van der Waals surface area contributed by atoms with Gasteiger partial charge in [-0.25, -0.2) is 9.37 Å². The monoisotopic (exact) mass is 303 g/mol. The summed E-state index contributed by atoms with van der Waals surface area (Å²) in [6.07, 6.45) is 1.47. The van der Waals surface area contributed by atoms with Crippen LogP contribution in [0.4, 0.5) is 4.39 Å². The van der Waals surface area contributed by atoms with Crippen LogP contribution in [0.25, 0.3) is 11.3 Å². The van der Waals surface area contributed by atoms with Crippen LogP contribution in [-0.4, -0.2) is 4.98 Å². The summed E-state index contributed by atoms with van der Waals surface area (Å²) in [5, 5.41) is -0.330. The molecule has 0 saturated heterocycles. The molecule has 84 valence electrons. The Balaban J connectivity index is 2.46. The molecule has 0 bridgehead atoms. The average Bonchev–Trinajstić information content (AvgIpc) is 2.70. The Kier molecular flexibility index (Phi) is 3.30. The van der Waals surface area contributed by atoms with Crippen molar-refractivity contribution in [2.75, 3.05) is 0 Å². The lowest BCUT2D eigenvalue weighted by Crippen LogP contribution is -1.82. The second-order valence-electron chi connectivity index (χ2n) is 3.30. The first kappa shape index (κ1) is 11.6. The van der Waals surface area contributed by atoms with Crippen LogP contribution in [-0.2, 0) is 0 Å². The van der Waals surface area contributed by atoms with Crippen molar-refractivity contribution >= 4 is 27.5 Å². The summed E-state index contributed by atoms with van der Waals surface area (Å²) in [5.41, 5.74) is 0.366. The Labute approximate surface area is 106 Å². The van der Waals surface area contributed by atoms with Crippen LogP contribution >= 0.6 is 27.5 Å². The normalized spacial score (nSPS) is 12.8. The van der Waals surface area contributed by atoms with Gasteiger partial charge in [0.25, 0.3) is 0 Å². The molecular weight excluding hydrogens is 296 g/mol. The summed E-state index contributed by atoms with van der Waals surface area (Å²) >= 11 is 9.09. The number of halogens is 3. The fourth-order valence-electron chi connectivity index (χ4n) is 1.28. The van der Waals surface area contributed by atoms with Crippen LogP contribution in [0, 0.1) is 5.82 Å². The van der Waals surface area contributed by atoms with Crippen LogP contribution in [0.3, 0.4) is 0 Å². The van der Waals surface area contributed by atoms with Gasteiger partial charge in [0.2, 0.25) is 5.89 Å². The predicted molar refractivity (Wildman–Crippen MR) is 63.9 cm³/mol. The van der Waals surface area contributed by atoms with Crippen molar-refractivity contribution in [3.63, 3.8) is 0 Å². The van der Waals surface area contributed by atoms with Crippen LogP contribution in [0.1, 0.15) is 18.2 Å². The molecule has 0 spiro atoms. The van der Waals surface area contributed by atoms with E-state index in [2.05, 4.69) is 20.9 Å².